The van der Waals surface area contributed by atoms with E-state index in [1.54, 1.807) is 30.0 Å². The van der Waals surface area contributed by atoms with Crippen molar-refractivity contribution < 1.29 is 13.2 Å². The first-order valence-corrected chi connectivity index (χ1v) is 9.73. The van der Waals surface area contributed by atoms with Crippen molar-refractivity contribution in [3.8, 4) is 0 Å². The summed E-state index contributed by atoms with van der Waals surface area (Å²) in [6, 6.07) is 13.0. The minimum Gasteiger partial charge on any atom is -0.308 e. The van der Waals surface area contributed by atoms with E-state index in [0.717, 1.165) is 24.8 Å². The maximum absolute atomic E-state index is 13.0. The molecule has 0 aromatic heterocycles. The van der Waals surface area contributed by atoms with Gasteiger partial charge in [0.05, 0.1) is 11.9 Å². The number of benzene rings is 2. The Labute approximate surface area is 142 Å². The molecule has 0 saturated carbocycles. The van der Waals surface area contributed by atoms with E-state index in [9.17, 15) is 13.2 Å². The zero-order valence-corrected chi connectivity index (χ0v) is 14.6. The van der Waals surface area contributed by atoms with Crippen LogP contribution in [-0.2, 0) is 16.4 Å². The van der Waals surface area contributed by atoms with E-state index in [1.807, 2.05) is 24.3 Å². The van der Waals surface area contributed by atoms with Crippen molar-refractivity contribution in [3.05, 3.63) is 59.2 Å². The van der Waals surface area contributed by atoms with Crippen LogP contribution in [0.15, 0.2) is 42.5 Å². The Bertz CT molecular complexity index is 891. The van der Waals surface area contributed by atoms with Gasteiger partial charge >= 0.3 is 0 Å². The average Bonchev–Trinajstić information content (AvgIpc) is 2.54. The Morgan fingerprint density at radius 3 is 2.62 bits per heavy atom. The van der Waals surface area contributed by atoms with Crippen LogP contribution in [0.5, 0.6) is 0 Å². The number of aryl methyl sites for hydroxylation is 1. The summed E-state index contributed by atoms with van der Waals surface area (Å²) >= 11 is 0. The van der Waals surface area contributed by atoms with Gasteiger partial charge in [-0.2, -0.15) is 0 Å². The predicted molar refractivity (Wildman–Crippen MR) is 96.1 cm³/mol. The predicted octanol–water partition coefficient (Wildman–Crippen LogP) is 2.96. The van der Waals surface area contributed by atoms with E-state index >= 15 is 0 Å². The number of hydrogen-bond acceptors (Lipinski definition) is 3. The van der Waals surface area contributed by atoms with Gasteiger partial charge < -0.3 is 4.90 Å². The zero-order chi connectivity index (χ0) is 17.3. The lowest BCUT2D eigenvalue weighted by Gasteiger charge is -2.30. The number of nitrogens with one attached hydrogen (secondary N) is 1. The number of rotatable bonds is 3. The number of para-hydroxylation sites is 1. The zero-order valence-electron chi connectivity index (χ0n) is 13.7. The Balaban J connectivity index is 1.99. The standard InChI is InChI=1S/C18H20N2O3S/c1-13-15(9-5-10-16(13)19-24(2,22)23)18(21)20-12-6-8-14-7-3-4-11-17(14)20/h3-5,7,9-11,19H,6,8,12H2,1-2H3. The van der Waals surface area contributed by atoms with Gasteiger partial charge in [-0.25, -0.2) is 8.42 Å². The summed E-state index contributed by atoms with van der Waals surface area (Å²) in [5, 5.41) is 0. The molecule has 1 amide bonds. The summed E-state index contributed by atoms with van der Waals surface area (Å²) in [4.78, 5) is 14.8. The molecule has 6 heteroatoms. The summed E-state index contributed by atoms with van der Waals surface area (Å²) in [6.45, 7) is 2.43. The lowest BCUT2D eigenvalue weighted by molar-refractivity contribution is 0.0984. The van der Waals surface area contributed by atoms with Crippen LogP contribution in [0.2, 0.25) is 0 Å². The number of fused-ring (bicyclic) bond motifs is 1. The van der Waals surface area contributed by atoms with Crippen molar-refractivity contribution >= 4 is 27.3 Å². The molecule has 2 aromatic carbocycles. The molecule has 126 valence electrons. The van der Waals surface area contributed by atoms with Gasteiger partial charge in [0.2, 0.25) is 10.0 Å². The van der Waals surface area contributed by atoms with Crippen molar-refractivity contribution in [1.29, 1.82) is 0 Å². The van der Waals surface area contributed by atoms with E-state index in [-0.39, 0.29) is 5.91 Å². The van der Waals surface area contributed by atoms with E-state index < -0.39 is 10.0 Å². The van der Waals surface area contributed by atoms with E-state index in [4.69, 9.17) is 0 Å². The van der Waals surface area contributed by atoms with Gasteiger partial charge in [-0.05, 0) is 49.1 Å². The van der Waals surface area contributed by atoms with Crippen molar-refractivity contribution in [3.63, 3.8) is 0 Å². The minimum absolute atomic E-state index is 0.100. The number of nitrogens with zero attached hydrogens (tertiary/aromatic N) is 1. The van der Waals surface area contributed by atoms with E-state index in [1.165, 1.54) is 5.56 Å². The number of carbonyl (C=O) groups is 1. The van der Waals surface area contributed by atoms with Gasteiger partial charge in [0.25, 0.3) is 5.91 Å². The van der Waals surface area contributed by atoms with Crippen LogP contribution in [0.25, 0.3) is 0 Å². The van der Waals surface area contributed by atoms with Gasteiger partial charge in [0.1, 0.15) is 0 Å². The maximum Gasteiger partial charge on any atom is 0.258 e. The molecule has 0 saturated heterocycles. The van der Waals surface area contributed by atoms with Crippen molar-refractivity contribution in [2.45, 2.75) is 19.8 Å². The Morgan fingerprint density at radius 1 is 1.12 bits per heavy atom. The second-order valence-electron chi connectivity index (χ2n) is 6.04. The SMILES string of the molecule is Cc1c(NS(C)(=O)=O)cccc1C(=O)N1CCCc2ccccc21. The third-order valence-electron chi connectivity index (χ3n) is 4.21. The van der Waals surface area contributed by atoms with Crippen LogP contribution in [-0.4, -0.2) is 27.1 Å². The molecule has 0 fully saturated rings. The molecule has 3 rings (SSSR count). The highest BCUT2D eigenvalue weighted by molar-refractivity contribution is 7.92. The summed E-state index contributed by atoms with van der Waals surface area (Å²) < 4.78 is 25.5. The van der Waals surface area contributed by atoms with Gasteiger partial charge in [0, 0.05) is 17.8 Å². The molecule has 5 nitrogen and oxygen atoms in total. The fraction of sp³-hybridized carbons (Fsp3) is 0.278. The Kier molecular flexibility index (Phi) is 4.32. The van der Waals surface area contributed by atoms with Crippen LogP contribution < -0.4 is 9.62 Å². The van der Waals surface area contributed by atoms with Gasteiger partial charge in [0.15, 0.2) is 0 Å². The third-order valence-corrected chi connectivity index (χ3v) is 4.81. The molecular formula is C18H20N2O3S. The molecule has 24 heavy (non-hydrogen) atoms. The third kappa shape index (κ3) is 3.28. The molecule has 0 bridgehead atoms. The Hall–Kier alpha value is -2.34. The van der Waals surface area contributed by atoms with Gasteiger partial charge in [-0.15, -0.1) is 0 Å². The first-order valence-electron chi connectivity index (χ1n) is 7.84. The van der Waals surface area contributed by atoms with Crippen molar-refractivity contribution in [2.24, 2.45) is 0 Å². The van der Waals surface area contributed by atoms with Crippen molar-refractivity contribution in [2.75, 3.05) is 22.4 Å². The molecule has 0 atom stereocenters. The minimum atomic E-state index is -3.39. The number of anilines is 2. The topological polar surface area (TPSA) is 66.5 Å². The molecule has 1 heterocycles. The molecule has 1 aliphatic heterocycles. The molecule has 2 aromatic rings. The first-order chi connectivity index (χ1) is 11.4. The van der Waals surface area contributed by atoms with Crippen molar-refractivity contribution in [1.82, 2.24) is 0 Å². The lowest BCUT2D eigenvalue weighted by Crippen LogP contribution is -2.35. The summed E-state index contributed by atoms with van der Waals surface area (Å²) in [6.07, 6.45) is 2.99. The first kappa shape index (κ1) is 16.5. The number of carbonyl (C=O) groups excluding carboxylic acids is 1. The highest BCUT2D eigenvalue weighted by Crippen LogP contribution is 2.30. The van der Waals surface area contributed by atoms with E-state index in [2.05, 4.69) is 4.72 Å². The Morgan fingerprint density at radius 2 is 1.88 bits per heavy atom. The fourth-order valence-electron chi connectivity index (χ4n) is 3.07. The average molecular weight is 344 g/mol. The normalized spacial score (nSPS) is 14.2. The monoisotopic (exact) mass is 344 g/mol. The molecule has 1 N–H and O–H groups in total. The van der Waals surface area contributed by atoms with Crippen LogP contribution in [0.4, 0.5) is 11.4 Å². The summed E-state index contributed by atoms with van der Waals surface area (Å²) in [5.41, 5.74) is 3.69. The fourth-order valence-corrected chi connectivity index (χ4v) is 3.69. The molecular weight excluding hydrogens is 324 g/mol. The van der Waals surface area contributed by atoms with Gasteiger partial charge in [-0.1, -0.05) is 24.3 Å². The largest absolute Gasteiger partial charge is 0.308 e. The van der Waals surface area contributed by atoms with Crippen LogP contribution in [0, 0.1) is 6.92 Å². The van der Waals surface area contributed by atoms with Crippen LogP contribution in [0.1, 0.15) is 27.9 Å². The molecule has 0 unspecified atom stereocenters. The molecule has 0 spiro atoms. The van der Waals surface area contributed by atoms with Crippen LogP contribution in [0.3, 0.4) is 0 Å². The maximum atomic E-state index is 13.0. The summed E-state index contributed by atoms with van der Waals surface area (Å²) in [7, 11) is -3.39. The lowest BCUT2D eigenvalue weighted by atomic mass is 9.99. The van der Waals surface area contributed by atoms with Crippen LogP contribution >= 0.6 is 0 Å². The highest BCUT2D eigenvalue weighted by Gasteiger charge is 2.25. The smallest absolute Gasteiger partial charge is 0.258 e. The summed E-state index contributed by atoms with van der Waals surface area (Å²) in [5.74, 6) is -0.100. The molecule has 1 aliphatic rings. The highest BCUT2D eigenvalue weighted by atomic mass is 32.2. The quantitative estimate of drug-likeness (QED) is 0.931. The van der Waals surface area contributed by atoms with Gasteiger partial charge in [-0.3, -0.25) is 9.52 Å². The molecule has 0 radical (unpaired) electrons. The van der Waals surface area contributed by atoms with E-state index in [0.29, 0.717) is 23.4 Å². The number of hydrogen-bond donors (Lipinski definition) is 1. The number of amides is 1. The second kappa shape index (κ2) is 6.28. The molecule has 0 aliphatic carbocycles. The second-order valence-corrected chi connectivity index (χ2v) is 7.79. The number of sulfonamides is 1.